The number of imidazole rings is 1. The van der Waals surface area contributed by atoms with E-state index >= 15 is 0 Å². The topological polar surface area (TPSA) is 79.2 Å². The molecule has 0 aromatic carbocycles. The van der Waals surface area contributed by atoms with Crippen LogP contribution in [0.5, 0.6) is 0 Å². The van der Waals surface area contributed by atoms with Crippen molar-refractivity contribution in [3.8, 4) is 0 Å². The summed E-state index contributed by atoms with van der Waals surface area (Å²) in [7, 11) is 0. The molecule has 6 nitrogen and oxygen atoms in total. The monoisotopic (exact) mass is 334 g/mol. The van der Waals surface area contributed by atoms with Crippen molar-refractivity contribution in [3.63, 3.8) is 0 Å². The van der Waals surface area contributed by atoms with Crippen LogP contribution in [-0.4, -0.2) is 46.1 Å². The Bertz CT molecular complexity index is 507. The van der Waals surface area contributed by atoms with E-state index in [4.69, 9.17) is 5.11 Å². The molecule has 1 atom stereocenters. The maximum Gasteiger partial charge on any atom is 0.414 e. The van der Waals surface area contributed by atoms with Gasteiger partial charge < -0.3 is 20.3 Å². The molecule has 1 aromatic rings. The van der Waals surface area contributed by atoms with E-state index in [1.54, 1.807) is 0 Å². The van der Waals surface area contributed by atoms with Gasteiger partial charge in [-0.15, -0.1) is 0 Å². The highest BCUT2D eigenvalue weighted by molar-refractivity contribution is 5.73. The predicted octanol–water partition coefficient (Wildman–Crippen LogP) is 1.37. The number of halogens is 3. The minimum Gasteiger partial charge on any atom is -0.384 e. The van der Waals surface area contributed by atoms with Crippen LogP contribution in [0.15, 0.2) is 6.20 Å². The summed E-state index contributed by atoms with van der Waals surface area (Å²) >= 11 is 0. The Labute approximate surface area is 132 Å². The normalized spacial score (nSPS) is 15.8. The molecule has 0 bridgehead atoms. The fourth-order valence-electron chi connectivity index (χ4n) is 2.44. The molecule has 1 aliphatic rings. The van der Waals surface area contributed by atoms with Gasteiger partial charge in [-0.2, -0.15) is 13.2 Å². The molecular weight excluding hydrogens is 313 g/mol. The summed E-state index contributed by atoms with van der Waals surface area (Å²) in [6.45, 7) is 1.08. The molecule has 0 fully saturated rings. The van der Waals surface area contributed by atoms with E-state index < -0.39 is 24.7 Å². The van der Waals surface area contributed by atoms with Crippen LogP contribution in [-0.2, 0) is 19.4 Å². The molecule has 0 unspecified atom stereocenters. The second-order valence-electron chi connectivity index (χ2n) is 5.58. The highest BCUT2D eigenvalue weighted by Gasteiger charge is 2.37. The summed E-state index contributed by atoms with van der Waals surface area (Å²) in [5.74, 6) is 1.07. The fraction of sp³-hybridized carbons (Fsp3) is 0.714. The summed E-state index contributed by atoms with van der Waals surface area (Å²) in [5, 5.41) is 13.6. The molecule has 1 aliphatic heterocycles. The lowest BCUT2D eigenvalue weighted by atomic mass is 10.2. The number of hydrogen-bond donors (Lipinski definition) is 3. The summed E-state index contributed by atoms with van der Waals surface area (Å²) in [6.07, 6.45) is -1.83. The molecule has 23 heavy (non-hydrogen) atoms. The quantitative estimate of drug-likeness (QED) is 0.735. The van der Waals surface area contributed by atoms with E-state index in [0.29, 0.717) is 13.0 Å². The van der Waals surface area contributed by atoms with Gasteiger partial charge in [0.1, 0.15) is 5.82 Å². The van der Waals surface area contributed by atoms with Gasteiger partial charge in [0.15, 0.2) is 6.10 Å². The number of nitrogens with one attached hydrogen (secondary N) is 2. The first-order chi connectivity index (χ1) is 10.9. The highest BCUT2D eigenvalue weighted by Crippen LogP contribution is 2.21. The first-order valence-electron chi connectivity index (χ1n) is 7.67. The number of fused-ring (bicyclic) bond motifs is 1. The molecule has 0 aliphatic carbocycles. The Morgan fingerprint density at radius 3 is 2.78 bits per heavy atom. The average Bonchev–Trinajstić information content (AvgIpc) is 2.88. The lowest BCUT2D eigenvalue weighted by Crippen LogP contribution is -2.39. The van der Waals surface area contributed by atoms with Crippen LogP contribution in [0.3, 0.4) is 0 Å². The molecular formula is C14H21F3N4O2. The van der Waals surface area contributed by atoms with Crippen molar-refractivity contribution < 1.29 is 23.1 Å². The van der Waals surface area contributed by atoms with Gasteiger partial charge in [0.05, 0.1) is 5.69 Å². The minimum absolute atomic E-state index is 0.245. The summed E-state index contributed by atoms with van der Waals surface area (Å²) in [4.78, 5) is 15.9. The minimum atomic E-state index is -4.65. The van der Waals surface area contributed by atoms with Crippen molar-refractivity contribution in [1.82, 2.24) is 20.2 Å². The van der Waals surface area contributed by atoms with Gasteiger partial charge in [0, 0.05) is 38.7 Å². The molecule has 0 spiro atoms. The number of alkyl halides is 3. The fourth-order valence-corrected chi connectivity index (χ4v) is 2.44. The Morgan fingerprint density at radius 2 is 2.09 bits per heavy atom. The van der Waals surface area contributed by atoms with Gasteiger partial charge in [-0.05, 0) is 19.3 Å². The van der Waals surface area contributed by atoms with Crippen molar-refractivity contribution in [2.45, 2.75) is 50.9 Å². The first kappa shape index (κ1) is 17.6. The van der Waals surface area contributed by atoms with E-state index in [-0.39, 0.29) is 6.54 Å². The molecule has 0 saturated carbocycles. The zero-order valence-corrected chi connectivity index (χ0v) is 12.7. The average molecular weight is 334 g/mol. The SMILES string of the molecule is O=C(NCCc1cn2c(n1)CCCC2)NCC[C@@H](O)C(F)(F)F. The number of aliphatic hydroxyl groups excluding tert-OH is 1. The second kappa shape index (κ2) is 7.67. The predicted molar refractivity (Wildman–Crippen MR) is 76.9 cm³/mol. The van der Waals surface area contributed by atoms with E-state index in [9.17, 15) is 18.0 Å². The molecule has 1 aromatic heterocycles. The van der Waals surface area contributed by atoms with Gasteiger partial charge in [-0.3, -0.25) is 0 Å². The molecule has 2 rings (SSSR count). The van der Waals surface area contributed by atoms with E-state index in [1.165, 1.54) is 0 Å². The van der Waals surface area contributed by atoms with Crippen LogP contribution in [0.2, 0.25) is 0 Å². The zero-order valence-electron chi connectivity index (χ0n) is 12.7. The maximum atomic E-state index is 12.1. The van der Waals surface area contributed by atoms with Gasteiger partial charge >= 0.3 is 12.2 Å². The summed E-state index contributed by atoms with van der Waals surface area (Å²) < 4.78 is 38.3. The van der Waals surface area contributed by atoms with Gasteiger partial charge in [0.25, 0.3) is 0 Å². The smallest absolute Gasteiger partial charge is 0.384 e. The Hall–Kier alpha value is -1.77. The largest absolute Gasteiger partial charge is 0.414 e. The van der Waals surface area contributed by atoms with Crippen molar-refractivity contribution in [1.29, 1.82) is 0 Å². The third-order valence-electron chi connectivity index (χ3n) is 3.71. The summed E-state index contributed by atoms with van der Waals surface area (Å²) in [6, 6.07) is -0.552. The number of aliphatic hydroxyl groups is 1. The van der Waals surface area contributed by atoms with Gasteiger partial charge in [0.2, 0.25) is 0 Å². The number of hydrogen-bond acceptors (Lipinski definition) is 3. The van der Waals surface area contributed by atoms with Crippen molar-refractivity contribution >= 4 is 6.03 Å². The van der Waals surface area contributed by atoms with Gasteiger partial charge in [-0.25, -0.2) is 9.78 Å². The van der Waals surface area contributed by atoms with E-state index in [0.717, 1.165) is 37.3 Å². The molecule has 2 heterocycles. The maximum absolute atomic E-state index is 12.1. The highest BCUT2D eigenvalue weighted by atomic mass is 19.4. The van der Waals surface area contributed by atoms with Crippen LogP contribution in [0.25, 0.3) is 0 Å². The molecule has 2 amide bonds. The Kier molecular flexibility index (Phi) is 5.86. The number of nitrogens with zero attached hydrogens (tertiary/aromatic N) is 2. The van der Waals surface area contributed by atoms with Crippen molar-refractivity contribution in [2.75, 3.05) is 13.1 Å². The van der Waals surface area contributed by atoms with E-state index in [2.05, 4.69) is 20.2 Å². The molecule has 130 valence electrons. The third-order valence-corrected chi connectivity index (χ3v) is 3.71. The van der Waals surface area contributed by atoms with Crippen molar-refractivity contribution in [2.24, 2.45) is 0 Å². The van der Waals surface area contributed by atoms with Crippen LogP contribution in [0.1, 0.15) is 30.8 Å². The Morgan fingerprint density at radius 1 is 1.35 bits per heavy atom. The molecule has 3 N–H and O–H groups in total. The van der Waals surface area contributed by atoms with Crippen LogP contribution < -0.4 is 10.6 Å². The number of urea groups is 1. The number of rotatable bonds is 6. The lowest BCUT2D eigenvalue weighted by Gasteiger charge is -2.14. The standard InChI is InChI=1S/C14H21F3N4O2/c15-14(16,17)11(22)5-7-19-13(23)18-6-4-10-9-21-8-2-1-3-12(21)20-10/h9,11,22H,1-8H2,(H2,18,19,23)/t11-/m1/s1. The Balaban J connectivity index is 1.62. The van der Waals surface area contributed by atoms with Crippen LogP contribution >= 0.6 is 0 Å². The number of carbonyl (C=O) groups excluding carboxylic acids is 1. The molecule has 9 heteroatoms. The number of amides is 2. The molecule has 0 radical (unpaired) electrons. The zero-order chi connectivity index (χ0) is 16.9. The van der Waals surface area contributed by atoms with Crippen LogP contribution in [0.4, 0.5) is 18.0 Å². The second-order valence-corrected chi connectivity index (χ2v) is 5.58. The van der Waals surface area contributed by atoms with Gasteiger partial charge in [-0.1, -0.05) is 0 Å². The lowest BCUT2D eigenvalue weighted by molar-refractivity contribution is -0.204. The number of aryl methyl sites for hydroxylation is 2. The number of carbonyl (C=O) groups is 1. The van der Waals surface area contributed by atoms with Crippen LogP contribution in [0, 0.1) is 0 Å². The summed E-state index contributed by atoms with van der Waals surface area (Å²) in [5.41, 5.74) is 0.898. The third kappa shape index (κ3) is 5.42. The van der Waals surface area contributed by atoms with E-state index in [1.807, 2.05) is 6.20 Å². The van der Waals surface area contributed by atoms with Crippen molar-refractivity contribution in [3.05, 3.63) is 17.7 Å². The molecule has 0 saturated heterocycles. The number of aromatic nitrogens is 2. The first-order valence-corrected chi connectivity index (χ1v) is 7.67.